The molecule has 0 aliphatic carbocycles. The first-order chi connectivity index (χ1) is 11.1. The van der Waals surface area contributed by atoms with Crippen molar-refractivity contribution in [3.63, 3.8) is 0 Å². The molecule has 7 nitrogen and oxygen atoms in total. The minimum Gasteiger partial charge on any atom is -0.424 e. The molecule has 2 aromatic heterocycles. The molecule has 1 fully saturated rings. The number of likely N-dealkylation sites (tertiary alicyclic amines) is 1. The molecule has 2 atom stereocenters. The number of rotatable bonds is 5. The van der Waals surface area contributed by atoms with Crippen LogP contribution in [-0.4, -0.2) is 42.8 Å². The summed E-state index contributed by atoms with van der Waals surface area (Å²) < 4.78 is 7.56. The first kappa shape index (κ1) is 16.1. The van der Waals surface area contributed by atoms with Crippen molar-refractivity contribution < 1.29 is 9.52 Å². The Balaban J connectivity index is 1.58. The van der Waals surface area contributed by atoms with Gasteiger partial charge in [-0.3, -0.25) is 4.90 Å². The highest BCUT2D eigenvalue weighted by Gasteiger charge is 2.31. The van der Waals surface area contributed by atoms with Gasteiger partial charge in [0.05, 0.1) is 6.04 Å². The van der Waals surface area contributed by atoms with Gasteiger partial charge in [-0.25, -0.2) is 4.98 Å². The average molecular weight is 319 g/mol. The van der Waals surface area contributed by atoms with Gasteiger partial charge in [-0.1, -0.05) is 6.92 Å². The number of hydrogen-bond acceptors (Lipinski definition) is 6. The Morgan fingerprint density at radius 3 is 2.65 bits per heavy atom. The van der Waals surface area contributed by atoms with Crippen molar-refractivity contribution in [1.29, 1.82) is 0 Å². The van der Waals surface area contributed by atoms with Gasteiger partial charge in [0.1, 0.15) is 11.9 Å². The molecule has 0 amide bonds. The number of hydrogen-bond donors (Lipinski definition) is 1. The smallest absolute Gasteiger partial charge is 0.233 e. The maximum atomic E-state index is 10.5. The van der Waals surface area contributed by atoms with Gasteiger partial charge in [-0.05, 0) is 38.8 Å². The summed E-state index contributed by atoms with van der Waals surface area (Å²) in [5.41, 5.74) is 0. The molecule has 0 spiro atoms. The summed E-state index contributed by atoms with van der Waals surface area (Å²) in [4.78, 5) is 6.61. The van der Waals surface area contributed by atoms with Crippen molar-refractivity contribution in [3.8, 4) is 0 Å². The van der Waals surface area contributed by atoms with E-state index in [-0.39, 0.29) is 12.0 Å². The molecule has 7 heteroatoms. The fourth-order valence-electron chi connectivity index (χ4n) is 3.23. The molecule has 2 unspecified atom stereocenters. The molecule has 0 bridgehead atoms. The SMILES string of the molecule is CCc1nnc(C(C)N2CCC(C(O)c3nccn3C)CC2)o1. The van der Waals surface area contributed by atoms with Crippen LogP contribution < -0.4 is 0 Å². The maximum Gasteiger partial charge on any atom is 0.233 e. The lowest BCUT2D eigenvalue weighted by atomic mass is 9.90. The summed E-state index contributed by atoms with van der Waals surface area (Å²) >= 11 is 0. The number of aliphatic hydroxyl groups is 1. The Kier molecular flexibility index (Phi) is 4.77. The number of aromatic nitrogens is 4. The van der Waals surface area contributed by atoms with E-state index >= 15 is 0 Å². The second kappa shape index (κ2) is 6.80. The first-order valence-electron chi connectivity index (χ1n) is 8.31. The molecule has 3 rings (SSSR count). The molecule has 0 saturated carbocycles. The van der Waals surface area contributed by atoms with Crippen molar-refractivity contribution in [2.45, 2.75) is 45.3 Å². The summed E-state index contributed by atoms with van der Waals surface area (Å²) in [5, 5.41) is 18.7. The van der Waals surface area contributed by atoms with Gasteiger partial charge in [0.25, 0.3) is 0 Å². The first-order valence-corrected chi connectivity index (χ1v) is 8.31. The second-order valence-electron chi connectivity index (χ2n) is 6.28. The zero-order valence-corrected chi connectivity index (χ0v) is 14.0. The number of aliphatic hydroxyl groups excluding tert-OH is 1. The van der Waals surface area contributed by atoms with Gasteiger partial charge < -0.3 is 14.1 Å². The van der Waals surface area contributed by atoms with Gasteiger partial charge in [-0.15, -0.1) is 10.2 Å². The summed E-state index contributed by atoms with van der Waals surface area (Å²) in [5.74, 6) is 2.37. The molecule has 1 N–H and O–H groups in total. The van der Waals surface area contributed by atoms with E-state index in [9.17, 15) is 5.11 Å². The van der Waals surface area contributed by atoms with Gasteiger partial charge in [0.15, 0.2) is 0 Å². The fourth-order valence-corrected chi connectivity index (χ4v) is 3.23. The van der Waals surface area contributed by atoms with E-state index in [0.29, 0.717) is 11.8 Å². The molecule has 1 aliphatic rings. The van der Waals surface area contributed by atoms with Crippen LogP contribution in [0.4, 0.5) is 0 Å². The predicted molar refractivity (Wildman–Crippen MR) is 84.6 cm³/mol. The molecular weight excluding hydrogens is 294 g/mol. The molecule has 0 aromatic carbocycles. The van der Waals surface area contributed by atoms with Gasteiger partial charge in [0.2, 0.25) is 11.8 Å². The van der Waals surface area contributed by atoms with E-state index in [2.05, 4.69) is 27.0 Å². The standard InChI is InChI=1S/C16H25N5O2/c1-4-13-18-19-16(23-13)11(2)21-8-5-12(6-9-21)14(22)15-17-7-10-20(15)3/h7,10-12,14,22H,4-6,8-9H2,1-3H3. The number of piperidine rings is 1. The molecule has 3 heterocycles. The molecule has 1 aliphatic heterocycles. The quantitative estimate of drug-likeness (QED) is 0.906. The molecule has 126 valence electrons. The van der Waals surface area contributed by atoms with Crippen LogP contribution in [0.15, 0.2) is 16.8 Å². The van der Waals surface area contributed by atoms with E-state index < -0.39 is 6.10 Å². The third-order valence-electron chi connectivity index (χ3n) is 4.83. The van der Waals surface area contributed by atoms with Crippen LogP contribution >= 0.6 is 0 Å². The van der Waals surface area contributed by atoms with E-state index in [4.69, 9.17) is 4.42 Å². The summed E-state index contributed by atoms with van der Waals surface area (Å²) in [7, 11) is 1.92. The molecule has 1 saturated heterocycles. The largest absolute Gasteiger partial charge is 0.424 e. The zero-order chi connectivity index (χ0) is 16.4. The Bertz CT molecular complexity index is 630. The predicted octanol–water partition coefficient (Wildman–Crippen LogP) is 1.87. The topological polar surface area (TPSA) is 80.2 Å². The van der Waals surface area contributed by atoms with Crippen LogP contribution in [0.2, 0.25) is 0 Å². The zero-order valence-electron chi connectivity index (χ0n) is 14.0. The summed E-state index contributed by atoms with van der Waals surface area (Å²) in [6.07, 6.45) is 5.74. The minimum atomic E-state index is -0.498. The lowest BCUT2D eigenvalue weighted by Crippen LogP contribution is -2.37. The third kappa shape index (κ3) is 3.30. The van der Waals surface area contributed by atoms with Crippen molar-refractivity contribution in [2.24, 2.45) is 13.0 Å². The van der Waals surface area contributed by atoms with Crippen molar-refractivity contribution in [3.05, 3.63) is 30.0 Å². The van der Waals surface area contributed by atoms with Crippen LogP contribution in [0, 0.1) is 5.92 Å². The van der Waals surface area contributed by atoms with E-state index in [1.165, 1.54) is 0 Å². The van der Waals surface area contributed by atoms with E-state index in [1.807, 2.05) is 24.7 Å². The van der Waals surface area contributed by atoms with Gasteiger partial charge in [0, 0.05) is 25.9 Å². The fraction of sp³-hybridized carbons (Fsp3) is 0.688. The third-order valence-corrected chi connectivity index (χ3v) is 4.83. The number of nitrogens with zero attached hydrogens (tertiary/aromatic N) is 5. The number of aryl methyl sites for hydroxylation is 2. The number of imidazole rings is 1. The van der Waals surface area contributed by atoms with Crippen LogP contribution in [0.3, 0.4) is 0 Å². The molecule has 23 heavy (non-hydrogen) atoms. The summed E-state index contributed by atoms with van der Waals surface area (Å²) in [6, 6.07) is 0.119. The van der Waals surface area contributed by atoms with Crippen LogP contribution in [0.1, 0.15) is 56.4 Å². The van der Waals surface area contributed by atoms with Crippen LogP contribution in [0.5, 0.6) is 0 Å². The highest BCUT2D eigenvalue weighted by atomic mass is 16.4. The second-order valence-corrected chi connectivity index (χ2v) is 6.28. The Morgan fingerprint density at radius 2 is 2.09 bits per heavy atom. The average Bonchev–Trinajstić information content (AvgIpc) is 3.22. The lowest BCUT2D eigenvalue weighted by Gasteiger charge is -2.36. The molecule has 2 aromatic rings. The van der Waals surface area contributed by atoms with Crippen molar-refractivity contribution >= 4 is 0 Å². The van der Waals surface area contributed by atoms with Crippen LogP contribution in [0.25, 0.3) is 0 Å². The van der Waals surface area contributed by atoms with Crippen molar-refractivity contribution in [1.82, 2.24) is 24.6 Å². The van der Waals surface area contributed by atoms with E-state index in [1.54, 1.807) is 6.20 Å². The highest BCUT2D eigenvalue weighted by molar-refractivity contribution is 4.99. The Labute approximate surface area is 136 Å². The van der Waals surface area contributed by atoms with Gasteiger partial charge in [-0.2, -0.15) is 0 Å². The normalized spacial score (nSPS) is 19.8. The minimum absolute atomic E-state index is 0.119. The van der Waals surface area contributed by atoms with Crippen molar-refractivity contribution in [2.75, 3.05) is 13.1 Å². The maximum absolute atomic E-state index is 10.5. The summed E-state index contributed by atoms with van der Waals surface area (Å²) in [6.45, 7) is 5.93. The highest BCUT2D eigenvalue weighted by Crippen LogP contribution is 2.32. The molecule has 0 radical (unpaired) electrons. The molecular formula is C16H25N5O2. The Morgan fingerprint density at radius 1 is 1.35 bits per heavy atom. The Hall–Kier alpha value is -1.73. The van der Waals surface area contributed by atoms with Gasteiger partial charge >= 0.3 is 0 Å². The monoisotopic (exact) mass is 319 g/mol. The van der Waals surface area contributed by atoms with Crippen LogP contribution in [-0.2, 0) is 13.5 Å². The lowest BCUT2D eigenvalue weighted by molar-refractivity contribution is 0.0367. The van der Waals surface area contributed by atoms with E-state index in [0.717, 1.165) is 38.2 Å².